The molecule has 0 saturated heterocycles. The third-order valence-corrected chi connectivity index (χ3v) is 3.17. The van der Waals surface area contributed by atoms with Crippen LogP contribution >= 0.6 is 0 Å². The fraction of sp³-hybridized carbons (Fsp3) is 0.412. The van der Waals surface area contributed by atoms with Gasteiger partial charge in [-0.15, -0.1) is 0 Å². The van der Waals surface area contributed by atoms with Gasteiger partial charge in [-0.1, -0.05) is 39.0 Å². The van der Waals surface area contributed by atoms with E-state index in [9.17, 15) is 4.79 Å². The van der Waals surface area contributed by atoms with E-state index < -0.39 is 0 Å². The lowest BCUT2D eigenvalue weighted by molar-refractivity contribution is -0.108. The van der Waals surface area contributed by atoms with Crippen molar-refractivity contribution in [3.63, 3.8) is 0 Å². The first-order valence-corrected chi connectivity index (χ1v) is 7.22. The fourth-order valence-electron chi connectivity index (χ4n) is 1.92. The van der Waals surface area contributed by atoms with E-state index in [2.05, 4.69) is 31.1 Å². The van der Waals surface area contributed by atoms with E-state index in [1.807, 2.05) is 36.4 Å². The van der Waals surface area contributed by atoms with Gasteiger partial charge in [0.05, 0.1) is 5.70 Å². The predicted molar refractivity (Wildman–Crippen MR) is 85.2 cm³/mol. The summed E-state index contributed by atoms with van der Waals surface area (Å²) in [6.45, 7) is 6.35. The molecule has 0 radical (unpaired) electrons. The molecule has 1 unspecified atom stereocenters. The smallest absolute Gasteiger partial charge is 0.217 e. The van der Waals surface area contributed by atoms with Crippen molar-refractivity contribution in [1.29, 1.82) is 0 Å². The number of rotatable bonds is 6. The molecule has 1 aliphatic rings. The fourth-order valence-corrected chi connectivity index (χ4v) is 1.92. The van der Waals surface area contributed by atoms with Crippen molar-refractivity contribution in [1.82, 2.24) is 0 Å². The van der Waals surface area contributed by atoms with E-state index in [-0.39, 0.29) is 11.6 Å². The Hall–Kier alpha value is -2.10. The van der Waals surface area contributed by atoms with Gasteiger partial charge in [-0.2, -0.15) is 0 Å². The topological polar surface area (TPSA) is 50.7 Å². The summed E-state index contributed by atoms with van der Waals surface area (Å²) in [5, 5.41) is 3.28. The molecule has 1 aromatic rings. The molecule has 0 amide bonds. The zero-order valence-corrected chi connectivity index (χ0v) is 12.8. The first-order valence-electron chi connectivity index (χ1n) is 7.22. The highest BCUT2D eigenvalue weighted by atomic mass is 16.5. The van der Waals surface area contributed by atoms with Crippen LogP contribution in [0.15, 0.2) is 47.1 Å². The minimum Gasteiger partial charge on any atom is -0.454 e. The lowest BCUT2D eigenvalue weighted by Gasteiger charge is -2.28. The second-order valence-corrected chi connectivity index (χ2v) is 6.09. The van der Waals surface area contributed by atoms with Crippen LogP contribution in [0.5, 0.6) is 0 Å². The SMILES string of the molecule is CC(C)(C)C1=CC(OC(CCC=O)Nc2ccccc2)=N1. The van der Waals surface area contributed by atoms with Gasteiger partial charge in [0, 0.05) is 30.0 Å². The Kier molecular flexibility index (Phi) is 4.78. The highest BCUT2D eigenvalue weighted by molar-refractivity contribution is 5.94. The van der Waals surface area contributed by atoms with E-state index >= 15 is 0 Å². The largest absolute Gasteiger partial charge is 0.454 e. The van der Waals surface area contributed by atoms with Crippen molar-refractivity contribution in [2.75, 3.05) is 5.32 Å². The highest BCUT2D eigenvalue weighted by Gasteiger charge is 2.25. The summed E-state index contributed by atoms with van der Waals surface area (Å²) < 4.78 is 5.82. The maximum Gasteiger partial charge on any atom is 0.217 e. The monoisotopic (exact) mass is 286 g/mol. The quantitative estimate of drug-likeness (QED) is 0.640. The van der Waals surface area contributed by atoms with Gasteiger partial charge in [-0.05, 0) is 12.1 Å². The van der Waals surface area contributed by atoms with E-state index in [0.717, 1.165) is 17.7 Å². The second-order valence-electron chi connectivity index (χ2n) is 6.09. The number of hydrogen-bond donors (Lipinski definition) is 1. The average molecular weight is 286 g/mol. The Morgan fingerprint density at radius 2 is 1.95 bits per heavy atom. The van der Waals surface area contributed by atoms with Crippen LogP contribution in [0.4, 0.5) is 5.69 Å². The number of carbonyl (C=O) groups excluding carboxylic acids is 1. The first-order chi connectivity index (χ1) is 9.99. The summed E-state index contributed by atoms with van der Waals surface area (Å²) in [6.07, 6.45) is 3.67. The second kappa shape index (κ2) is 6.57. The number of anilines is 1. The molecule has 112 valence electrons. The molecule has 1 atom stereocenters. The van der Waals surface area contributed by atoms with Gasteiger partial charge in [0.1, 0.15) is 6.29 Å². The summed E-state index contributed by atoms with van der Waals surface area (Å²) in [5.41, 5.74) is 2.04. The summed E-state index contributed by atoms with van der Waals surface area (Å²) in [7, 11) is 0. The maximum atomic E-state index is 10.6. The molecule has 0 aliphatic carbocycles. The summed E-state index contributed by atoms with van der Waals surface area (Å²) >= 11 is 0. The van der Waals surface area contributed by atoms with Crippen LogP contribution in [-0.4, -0.2) is 18.4 Å². The van der Waals surface area contributed by atoms with Crippen molar-refractivity contribution in [3.05, 3.63) is 42.1 Å². The molecule has 1 aromatic carbocycles. The maximum absolute atomic E-state index is 10.6. The molecule has 0 bridgehead atoms. The molecule has 4 nitrogen and oxygen atoms in total. The molecule has 1 aliphatic heterocycles. The molecule has 0 saturated carbocycles. The van der Waals surface area contributed by atoms with Crippen molar-refractivity contribution in [2.24, 2.45) is 10.4 Å². The first kappa shape index (κ1) is 15.3. The van der Waals surface area contributed by atoms with Crippen molar-refractivity contribution in [3.8, 4) is 0 Å². The number of hydrogen-bond acceptors (Lipinski definition) is 4. The van der Waals surface area contributed by atoms with Crippen LogP contribution in [-0.2, 0) is 9.53 Å². The van der Waals surface area contributed by atoms with Crippen LogP contribution in [0.2, 0.25) is 0 Å². The molecule has 0 aromatic heterocycles. The minimum atomic E-state index is -0.255. The molecule has 1 heterocycles. The number of benzene rings is 1. The summed E-state index contributed by atoms with van der Waals surface area (Å²) in [5.74, 6) is 0.624. The number of carbonyl (C=O) groups is 1. The number of allylic oxidation sites excluding steroid dienone is 1. The van der Waals surface area contributed by atoms with E-state index in [0.29, 0.717) is 18.7 Å². The number of aldehydes is 1. The molecule has 0 fully saturated rings. The number of nitrogens with one attached hydrogen (secondary N) is 1. The number of para-hydroxylation sites is 1. The molecule has 1 N–H and O–H groups in total. The number of nitrogens with zero attached hydrogens (tertiary/aromatic N) is 1. The third kappa shape index (κ3) is 4.45. The Balaban J connectivity index is 1.94. The van der Waals surface area contributed by atoms with Gasteiger partial charge in [0.15, 0.2) is 6.23 Å². The molecular weight excluding hydrogens is 264 g/mol. The third-order valence-electron chi connectivity index (χ3n) is 3.17. The predicted octanol–water partition coefficient (Wildman–Crippen LogP) is 3.76. The van der Waals surface area contributed by atoms with Gasteiger partial charge < -0.3 is 14.8 Å². The van der Waals surface area contributed by atoms with E-state index in [4.69, 9.17) is 4.74 Å². The molecular formula is C17H22N2O2. The van der Waals surface area contributed by atoms with Gasteiger partial charge in [-0.3, -0.25) is 0 Å². The highest BCUT2D eigenvalue weighted by Crippen LogP contribution is 2.31. The van der Waals surface area contributed by atoms with Gasteiger partial charge in [0.25, 0.3) is 0 Å². The van der Waals surface area contributed by atoms with Crippen LogP contribution in [0.1, 0.15) is 33.6 Å². The Labute approximate surface area is 125 Å². The van der Waals surface area contributed by atoms with Crippen molar-refractivity contribution in [2.45, 2.75) is 39.8 Å². The molecule has 0 spiro atoms. The van der Waals surface area contributed by atoms with Crippen LogP contribution in [0, 0.1) is 5.41 Å². The van der Waals surface area contributed by atoms with Crippen LogP contribution < -0.4 is 5.32 Å². The van der Waals surface area contributed by atoms with Gasteiger partial charge >= 0.3 is 0 Å². The summed E-state index contributed by atoms with van der Waals surface area (Å²) in [6, 6.07) is 9.81. The Bertz CT molecular complexity index is 542. The van der Waals surface area contributed by atoms with Gasteiger partial charge in [0.2, 0.25) is 5.90 Å². The summed E-state index contributed by atoms with van der Waals surface area (Å²) in [4.78, 5) is 15.0. The number of ether oxygens (including phenoxy) is 1. The lowest BCUT2D eigenvalue weighted by atomic mass is 9.90. The van der Waals surface area contributed by atoms with Crippen LogP contribution in [0.25, 0.3) is 0 Å². The molecule has 21 heavy (non-hydrogen) atoms. The lowest BCUT2D eigenvalue weighted by Crippen LogP contribution is -2.29. The minimum absolute atomic E-state index is 0.0397. The molecule has 4 heteroatoms. The van der Waals surface area contributed by atoms with Gasteiger partial charge in [-0.25, -0.2) is 4.99 Å². The Morgan fingerprint density at radius 3 is 2.52 bits per heavy atom. The zero-order valence-electron chi connectivity index (χ0n) is 12.8. The van der Waals surface area contributed by atoms with Crippen molar-refractivity contribution < 1.29 is 9.53 Å². The average Bonchev–Trinajstić information content (AvgIpc) is 2.39. The molecule has 2 rings (SSSR count). The van der Waals surface area contributed by atoms with Crippen LogP contribution in [0.3, 0.4) is 0 Å². The Morgan fingerprint density at radius 1 is 1.29 bits per heavy atom. The van der Waals surface area contributed by atoms with E-state index in [1.54, 1.807) is 0 Å². The zero-order chi connectivity index (χ0) is 15.3. The normalized spacial score (nSPS) is 15.4. The van der Waals surface area contributed by atoms with Crippen molar-refractivity contribution >= 4 is 17.9 Å². The van der Waals surface area contributed by atoms with E-state index in [1.165, 1.54) is 0 Å². The number of aliphatic imine (C=N–C) groups is 1. The standard InChI is InChI=1S/C17H22N2O2/c1-17(2,3)14-12-16(19-14)21-15(10-7-11-20)18-13-8-5-4-6-9-13/h4-6,8-9,11-12,15,18H,7,10H2,1-3H3.